The molecule has 0 bridgehead atoms. The molecule has 17 heavy (non-hydrogen) atoms. The third-order valence-corrected chi connectivity index (χ3v) is 3.08. The summed E-state index contributed by atoms with van der Waals surface area (Å²) in [6.45, 7) is -0.407. The molecule has 0 saturated heterocycles. The number of benzene rings is 1. The van der Waals surface area contributed by atoms with Gasteiger partial charge in [0.2, 0.25) is 0 Å². The summed E-state index contributed by atoms with van der Waals surface area (Å²) < 4.78 is 28.3. The molecule has 0 aliphatic carbocycles. The summed E-state index contributed by atoms with van der Waals surface area (Å²) in [6, 6.07) is 4.99. The lowest BCUT2D eigenvalue weighted by Crippen LogP contribution is -2.07. The van der Waals surface area contributed by atoms with E-state index in [0.29, 0.717) is 16.5 Å². The molecule has 1 rings (SSSR count). The first-order chi connectivity index (χ1) is 8.00. The second-order valence-electron chi connectivity index (χ2n) is 3.39. The van der Waals surface area contributed by atoms with Crippen molar-refractivity contribution in [1.82, 2.24) is 0 Å². The molecular weight excluding hydrogens is 292 g/mol. The molecule has 0 saturated carbocycles. The van der Waals surface area contributed by atoms with Crippen LogP contribution < -0.4 is 0 Å². The van der Waals surface area contributed by atoms with Crippen LogP contribution in [0.2, 0.25) is 10.0 Å². The number of rotatable bonds is 6. The van der Waals surface area contributed by atoms with Crippen molar-refractivity contribution in [3.63, 3.8) is 0 Å². The Labute approximate surface area is 114 Å². The first kappa shape index (κ1) is 15.0. The second-order valence-corrected chi connectivity index (χ2v) is 4.76. The molecule has 1 atom stereocenters. The number of halogens is 5. The Hall–Kier alpha value is -0.0900. The molecule has 1 nitrogen and oxygen atoms in total. The third-order valence-electron chi connectivity index (χ3n) is 2.06. The minimum Gasteiger partial charge on any atom is -0.375 e. The number of alkyl halides is 3. The van der Waals surface area contributed by atoms with Gasteiger partial charge in [0.05, 0.1) is 5.38 Å². The van der Waals surface area contributed by atoms with E-state index in [1.807, 2.05) is 0 Å². The maximum atomic E-state index is 11.8. The lowest BCUT2D eigenvalue weighted by Gasteiger charge is -2.12. The summed E-state index contributed by atoms with van der Waals surface area (Å²) in [5, 5.41) is 0.611. The van der Waals surface area contributed by atoms with E-state index in [1.54, 1.807) is 18.2 Å². The van der Waals surface area contributed by atoms with Crippen molar-refractivity contribution in [2.45, 2.75) is 18.2 Å². The van der Waals surface area contributed by atoms with Gasteiger partial charge in [-0.15, -0.1) is 11.6 Å². The molecule has 0 spiro atoms. The van der Waals surface area contributed by atoms with E-state index < -0.39 is 13.0 Å². The number of hydrogen-bond donors (Lipinski definition) is 0. The topological polar surface area (TPSA) is 9.23 Å². The summed E-state index contributed by atoms with van der Waals surface area (Å²) in [4.78, 5) is 0. The largest absolute Gasteiger partial charge is 0.375 e. The average Bonchev–Trinajstić information content (AvgIpc) is 2.23. The number of ether oxygens (including phenoxy) is 1. The molecular formula is C11H11Cl3F2O. The Morgan fingerprint density at radius 3 is 2.53 bits per heavy atom. The van der Waals surface area contributed by atoms with Gasteiger partial charge in [0.15, 0.2) is 0 Å². The first-order valence-electron chi connectivity index (χ1n) is 4.95. The molecule has 0 aromatic heterocycles. The van der Waals surface area contributed by atoms with Gasteiger partial charge in [-0.25, -0.2) is 8.78 Å². The summed E-state index contributed by atoms with van der Waals surface area (Å²) in [6.07, 6.45) is -2.04. The van der Waals surface area contributed by atoms with Crippen molar-refractivity contribution in [1.29, 1.82) is 0 Å². The third kappa shape index (κ3) is 5.38. The molecule has 1 unspecified atom stereocenters. The van der Waals surface area contributed by atoms with Gasteiger partial charge >= 0.3 is 0 Å². The fourth-order valence-corrected chi connectivity index (χ4v) is 2.15. The van der Waals surface area contributed by atoms with Crippen LogP contribution in [0.15, 0.2) is 18.2 Å². The Balaban J connectivity index is 2.44. The zero-order chi connectivity index (χ0) is 12.8. The van der Waals surface area contributed by atoms with Crippen molar-refractivity contribution < 1.29 is 13.5 Å². The van der Waals surface area contributed by atoms with Crippen LogP contribution in [-0.4, -0.2) is 19.6 Å². The lowest BCUT2D eigenvalue weighted by atomic mass is 10.1. The van der Waals surface area contributed by atoms with E-state index in [-0.39, 0.29) is 12.0 Å². The molecule has 96 valence electrons. The van der Waals surface area contributed by atoms with Crippen LogP contribution in [0, 0.1) is 0 Å². The standard InChI is InChI=1S/C11H11Cl3F2O/c12-7-1-2-8(10(14)5-7)9(13)3-4-17-6-11(15)16/h1-2,5,9,11H,3-4,6H2. The zero-order valence-electron chi connectivity index (χ0n) is 8.81. The van der Waals surface area contributed by atoms with Gasteiger partial charge in [-0.2, -0.15) is 0 Å². The van der Waals surface area contributed by atoms with Crippen molar-refractivity contribution in [3.05, 3.63) is 33.8 Å². The van der Waals surface area contributed by atoms with Gasteiger partial charge in [-0.3, -0.25) is 0 Å². The molecule has 0 radical (unpaired) electrons. The van der Waals surface area contributed by atoms with Crippen LogP contribution in [0.3, 0.4) is 0 Å². The van der Waals surface area contributed by atoms with Crippen LogP contribution in [0.5, 0.6) is 0 Å². The lowest BCUT2D eigenvalue weighted by molar-refractivity contribution is 0.0165. The normalized spacial score (nSPS) is 13.1. The van der Waals surface area contributed by atoms with Crippen LogP contribution >= 0.6 is 34.8 Å². The van der Waals surface area contributed by atoms with E-state index in [9.17, 15) is 8.78 Å². The molecule has 0 fully saturated rings. The fourth-order valence-electron chi connectivity index (χ4n) is 1.27. The summed E-state index contributed by atoms with van der Waals surface area (Å²) in [5.74, 6) is 0. The second kappa shape index (κ2) is 7.37. The van der Waals surface area contributed by atoms with Crippen LogP contribution in [0.1, 0.15) is 17.4 Å². The van der Waals surface area contributed by atoms with Crippen molar-refractivity contribution in [2.24, 2.45) is 0 Å². The minimum absolute atomic E-state index is 0.164. The highest BCUT2D eigenvalue weighted by molar-refractivity contribution is 6.35. The number of hydrogen-bond acceptors (Lipinski definition) is 1. The Kier molecular flexibility index (Phi) is 6.49. The van der Waals surface area contributed by atoms with Gasteiger partial charge in [-0.05, 0) is 24.1 Å². The van der Waals surface area contributed by atoms with E-state index in [4.69, 9.17) is 39.5 Å². The molecule has 0 heterocycles. The highest BCUT2D eigenvalue weighted by atomic mass is 35.5. The smallest absolute Gasteiger partial charge is 0.261 e. The summed E-state index contributed by atoms with van der Waals surface area (Å²) >= 11 is 17.8. The van der Waals surface area contributed by atoms with Gasteiger partial charge in [0, 0.05) is 16.7 Å². The highest BCUT2D eigenvalue weighted by Crippen LogP contribution is 2.32. The average molecular weight is 304 g/mol. The van der Waals surface area contributed by atoms with Gasteiger partial charge < -0.3 is 4.74 Å². The summed E-state index contributed by atoms with van der Waals surface area (Å²) in [7, 11) is 0. The van der Waals surface area contributed by atoms with Gasteiger partial charge in [-0.1, -0.05) is 29.3 Å². The first-order valence-corrected chi connectivity index (χ1v) is 6.15. The summed E-state index contributed by atoms with van der Waals surface area (Å²) in [5.41, 5.74) is 0.721. The van der Waals surface area contributed by atoms with Gasteiger partial charge in [0.25, 0.3) is 6.43 Å². The van der Waals surface area contributed by atoms with E-state index in [0.717, 1.165) is 5.56 Å². The quantitative estimate of drug-likeness (QED) is 0.534. The van der Waals surface area contributed by atoms with Crippen LogP contribution in [-0.2, 0) is 4.74 Å². The van der Waals surface area contributed by atoms with E-state index >= 15 is 0 Å². The Morgan fingerprint density at radius 2 is 1.94 bits per heavy atom. The van der Waals surface area contributed by atoms with Crippen LogP contribution in [0.4, 0.5) is 8.78 Å². The highest BCUT2D eigenvalue weighted by Gasteiger charge is 2.12. The monoisotopic (exact) mass is 302 g/mol. The Morgan fingerprint density at radius 1 is 1.24 bits per heavy atom. The molecule has 1 aromatic rings. The molecule has 0 aliphatic rings. The van der Waals surface area contributed by atoms with Crippen LogP contribution in [0.25, 0.3) is 0 Å². The molecule has 0 N–H and O–H groups in total. The zero-order valence-corrected chi connectivity index (χ0v) is 11.1. The Bertz CT molecular complexity index is 361. The van der Waals surface area contributed by atoms with E-state index in [1.165, 1.54) is 0 Å². The van der Waals surface area contributed by atoms with Crippen molar-refractivity contribution >= 4 is 34.8 Å². The molecule has 0 aliphatic heterocycles. The van der Waals surface area contributed by atoms with E-state index in [2.05, 4.69) is 0 Å². The SMILES string of the molecule is FC(F)COCCC(Cl)c1ccc(Cl)cc1Cl. The maximum Gasteiger partial charge on any atom is 0.261 e. The predicted octanol–water partition coefficient (Wildman–Crippen LogP) is 4.95. The molecule has 1 aromatic carbocycles. The predicted molar refractivity (Wildman–Crippen MR) is 66.5 cm³/mol. The maximum absolute atomic E-state index is 11.8. The fraction of sp³-hybridized carbons (Fsp3) is 0.455. The minimum atomic E-state index is -2.46. The van der Waals surface area contributed by atoms with Gasteiger partial charge in [0.1, 0.15) is 6.61 Å². The molecule has 6 heteroatoms. The van der Waals surface area contributed by atoms with Crippen molar-refractivity contribution in [2.75, 3.05) is 13.2 Å². The molecule has 0 amide bonds. The van der Waals surface area contributed by atoms with Crippen molar-refractivity contribution in [3.8, 4) is 0 Å².